The van der Waals surface area contributed by atoms with E-state index in [1.165, 1.54) is 6.92 Å². The summed E-state index contributed by atoms with van der Waals surface area (Å²) < 4.78 is 0. The minimum atomic E-state index is -0.999. The van der Waals surface area contributed by atoms with Crippen LogP contribution in [0.15, 0.2) is 0 Å². The van der Waals surface area contributed by atoms with Gasteiger partial charge in [-0.05, 0) is 26.2 Å². The molecule has 1 rings (SSSR count). The SMILES string of the molecule is CCC1CCCCCN1C(=O)N[C@H](C)C(=O)O. The Morgan fingerprint density at radius 2 is 2.12 bits per heavy atom. The molecule has 1 unspecified atom stereocenters. The van der Waals surface area contributed by atoms with Gasteiger partial charge in [0.25, 0.3) is 0 Å². The van der Waals surface area contributed by atoms with E-state index in [0.29, 0.717) is 0 Å². The Balaban J connectivity index is 2.60. The molecule has 2 amide bonds. The third-order valence-corrected chi connectivity index (χ3v) is 3.32. The fourth-order valence-corrected chi connectivity index (χ4v) is 2.20. The largest absolute Gasteiger partial charge is 0.480 e. The highest BCUT2D eigenvalue weighted by Crippen LogP contribution is 2.19. The predicted molar refractivity (Wildman–Crippen MR) is 64.9 cm³/mol. The molecule has 0 aromatic rings. The maximum absolute atomic E-state index is 12.0. The summed E-state index contributed by atoms with van der Waals surface area (Å²) in [4.78, 5) is 24.5. The van der Waals surface area contributed by atoms with Crippen LogP contribution in [0.1, 0.15) is 46.0 Å². The maximum atomic E-state index is 12.0. The van der Waals surface area contributed by atoms with Gasteiger partial charge >= 0.3 is 12.0 Å². The molecule has 1 aliphatic heterocycles. The Labute approximate surface area is 102 Å². The zero-order valence-corrected chi connectivity index (χ0v) is 10.6. The number of likely N-dealkylation sites (tertiary alicyclic amines) is 1. The minimum absolute atomic E-state index is 0.242. The highest BCUT2D eigenvalue weighted by atomic mass is 16.4. The number of carboxylic acid groups (broad SMARTS) is 1. The number of carbonyl (C=O) groups is 2. The number of aliphatic carboxylic acids is 1. The van der Waals surface area contributed by atoms with E-state index >= 15 is 0 Å². The molecule has 0 radical (unpaired) electrons. The van der Waals surface area contributed by atoms with E-state index in [4.69, 9.17) is 5.11 Å². The molecule has 2 atom stereocenters. The van der Waals surface area contributed by atoms with E-state index in [-0.39, 0.29) is 12.1 Å². The summed E-state index contributed by atoms with van der Waals surface area (Å²) in [5.74, 6) is -0.999. The molecule has 0 aliphatic carbocycles. The fraction of sp³-hybridized carbons (Fsp3) is 0.833. The molecule has 1 heterocycles. The number of carboxylic acids is 1. The van der Waals surface area contributed by atoms with Crippen molar-refractivity contribution in [1.82, 2.24) is 10.2 Å². The highest BCUT2D eigenvalue weighted by molar-refractivity contribution is 5.82. The molecule has 0 aromatic heterocycles. The molecule has 0 aromatic carbocycles. The van der Waals surface area contributed by atoms with E-state index in [1.54, 1.807) is 4.90 Å². The normalized spacial score (nSPS) is 22.7. The van der Waals surface area contributed by atoms with Crippen molar-refractivity contribution in [3.63, 3.8) is 0 Å². The summed E-state index contributed by atoms with van der Waals surface area (Å²) >= 11 is 0. The molecule has 2 N–H and O–H groups in total. The molecule has 5 heteroatoms. The Bertz CT molecular complexity index is 281. The van der Waals surface area contributed by atoms with Crippen LogP contribution in [0.25, 0.3) is 0 Å². The van der Waals surface area contributed by atoms with Crippen molar-refractivity contribution in [3.8, 4) is 0 Å². The summed E-state index contributed by atoms with van der Waals surface area (Å²) in [5, 5.41) is 11.3. The lowest BCUT2D eigenvalue weighted by molar-refractivity contribution is -0.138. The molecule has 17 heavy (non-hydrogen) atoms. The Hall–Kier alpha value is -1.26. The van der Waals surface area contributed by atoms with Gasteiger partial charge in [0.1, 0.15) is 6.04 Å². The summed E-state index contributed by atoms with van der Waals surface area (Å²) in [7, 11) is 0. The van der Waals surface area contributed by atoms with Crippen LogP contribution in [0.5, 0.6) is 0 Å². The van der Waals surface area contributed by atoms with E-state index in [1.807, 2.05) is 0 Å². The van der Waals surface area contributed by atoms with Crippen LogP contribution in [0.3, 0.4) is 0 Å². The topological polar surface area (TPSA) is 69.6 Å². The molecule has 5 nitrogen and oxygen atoms in total. The maximum Gasteiger partial charge on any atom is 0.325 e. The number of nitrogens with zero attached hydrogens (tertiary/aromatic N) is 1. The highest BCUT2D eigenvalue weighted by Gasteiger charge is 2.26. The number of rotatable bonds is 3. The molecule has 1 aliphatic rings. The first kappa shape index (κ1) is 13.8. The first-order chi connectivity index (χ1) is 8.06. The lowest BCUT2D eigenvalue weighted by atomic mass is 10.1. The number of hydrogen-bond donors (Lipinski definition) is 2. The van der Waals surface area contributed by atoms with E-state index in [9.17, 15) is 9.59 Å². The second-order valence-electron chi connectivity index (χ2n) is 4.61. The molecule has 0 saturated carbocycles. The van der Waals surface area contributed by atoms with Crippen molar-refractivity contribution in [1.29, 1.82) is 0 Å². The van der Waals surface area contributed by atoms with Crippen molar-refractivity contribution in [2.75, 3.05) is 6.54 Å². The summed E-state index contributed by atoms with van der Waals surface area (Å²) in [6.45, 7) is 4.28. The lowest BCUT2D eigenvalue weighted by Gasteiger charge is -2.30. The number of urea groups is 1. The smallest absolute Gasteiger partial charge is 0.325 e. The average Bonchev–Trinajstić information content (AvgIpc) is 2.53. The Morgan fingerprint density at radius 3 is 2.71 bits per heavy atom. The van der Waals surface area contributed by atoms with Gasteiger partial charge in [-0.25, -0.2) is 4.79 Å². The van der Waals surface area contributed by atoms with Crippen LogP contribution >= 0.6 is 0 Å². The van der Waals surface area contributed by atoms with Gasteiger partial charge in [-0.15, -0.1) is 0 Å². The van der Waals surface area contributed by atoms with Crippen LogP contribution in [0.2, 0.25) is 0 Å². The van der Waals surface area contributed by atoms with Crippen LogP contribution in [0, 0.1) is 0 Å². The summed E-state index contributed by atoms with van der Waals surface area (Å²) in [5.41, 5.74) is 0. The molecular weight excluding hydrogens is 220 g/mol. The number of amides is 2. The van der Waals surface area contributed by atoms with Gasteiger partial charge in [-0.2, -0.15) is 0 Å². The van der Waals surface area contributed by atoms with Crippen molar-refractivity contribution < 1.29 is 14.7 Å². The standard InChI is InChI=1S/C12H22N2O3/c1-3-10-7-5-4-6-8-14(10)12(17)13-9(2)11(15)16/h9-10H,3-8H2,1-2H3,(H,13,17)(H,15,16)/t9-,10?/m1/s1. The van der Waals surface area contributed by atoms with Crippen LogP contribution in [0.4, 0.5) is 4.79 Å². The van der Waals surface area contributed by atoms with Crippen molar-refractivity contribution >= 4 is 12.0 Å². The molecule has 0 spiro atoms. The first-order valence-corrected chi connectivity index (χ1v) is 6.36. The van der Waals surface area contributed by atoms with E-state index < -0.39 is 12.0 Å². The molecule has 0 bridgehead atoms. The molecule has 98 valence electrons. The number of nitrogens with one attached hydrogen (secondary N) is 1. The fourth-order valence-electron chi connectivity index (χ4n) is 2.20. The van der Waals surface area contributed by atoms with Gasteiger partial charge in [-0.3, -0.25) is 4.79 Å². The first-order valence-electron chi connectivity index (χ1n) is 6.36. The van der Waals surface area contributed by atoms with E-state index in [0.717, 1.165) is 38.6 Å². The van der Waals surface area contributed by atoms with E-state index in [2.05, 4.69) is 12.2 Å². The number of carbonyl (C=O) groups excluding carboxylic acids is 1. The molecular formula is C12H22N2O3. The monoisotopic (exact) mass is 242 g/mol. The van der Waals surface area contributed by atoms with Crippen LogP contribution in [-0.4, -0.2) is 40.6 Å². The van der Waals surface area contributed by atoms with Crippen LogP contribution < -0.4 is 5.32 Å². The van der Waals surface area contributed by atoms with Gasteiger partial charge in [0.15, 0.2) is 0 Å². The molecule has 1 saturated heterocycles. The van der Waals surface area contributed by atoms with Crippen LogP contribution in [-0.2, 0) is 4.79 Å². The Kier molecular flexibility index (Phi) is 5.25. The Morgan fingerprint density at radius 1 is 1.41 bits per heavy atom. The summed E-state index contributed by atoms with van der Waals surface area (Å²) in [6.07, 6.45) is 5.25. The lowest BCUT2D eigenvalue weighted by Crippen LogP contribution is -2.50. The zero-order valence-electron chi connectivity index (χ0n) is 10.6. The van der Waals surface area contributed by atoms with Gasteiger partial charge in [0, 0.05) is 12.6 Å². The molecule has 1 fully saturated rings. The second-order valence-corrected chi connectivity index (χ2v) is 4.61. The zero-order chi connectivity index (χ0) is 12.8. The third kappa shape index (κ3) is 3.91. The quantitative estimate of drug-likeness (QED) is 0.793. The van der Waals surface area contributed by atoms with Gasteiger partial charge in [0.05, 0.1) is 0 Å². The summed E-state index contributed by atoms with van der Waals surface area (Å²) in [6, 6.07) is -0.824. The van der Waals surface area contributed by atoms with Gasteiger partial charge < -0.3 is 15.3 Å². The second kappa shape index (κ2) is 6.47. The van der Waals surface area contributed by atoms with Crippen molar-refractivity contribution in [3.05, 3.63) is 0 Å². The van der Waals surface area contributed by atoms with Crippen molar-refractivity contribution in [2.45, 2.75) is 58.0 Å². The van der Waals surface area contributed by atoms with Crippen molar-refractivity contribution in [2.24, 2.45) is 0 Å². The van der Waals surface area contributed by atoms with Gasteiger partial charge in [0.2, 0.25) is 0 Å². The average molecular weight is 242 g/mol. The third-order valence-electron chi connectivity index (χ3n) is 3.32. The minimum Gasteiger partial charge on any atom is -0.480 e. The predicted octanol–water partition coefficient (Wildman–Crippen LogP) is 1.82. The van der Waals surface area contributed by atoms with Gasteiger partial charge in [-0.1, -0.05) is 19.8 Å². The number of hydrogen-bond acceptors (Lipinski definition) is 2.